The third-order valence-electron chi connectivity index (χ3n) is 1.75. The fraction of sp³-hybridized carbons (Fsp3) is 1.00. The molecule has 1 fully saturated rings. The first-order valence-corrected chi connectivity index (χ1v) is 5.35. The topological polar surface area (TPSA) is 57.0 Å². The van der Waals surface area contributed by atoms with Crippen molar-refractivity contribution in [1.29, 1.82) is 0 Å². The van der Waals surface area contributed by atoms with Crippen molar-refractivity contribution in [3.05, 3.63) is 0 Å². The first-order chi connectivity index (χ1) is 6.84. The zero-order chi connectivity index (χ0) is 10.8. The van der Waals surface area contributed by atoms with E-state index in [1.807, 2.05) is 20.8 Å². The van der Waals surface area contributed by atoms with E-state index in [0.29, 0.717) is 45.2 Å². The minimum Gasteiger partial charge on any atom is -0.378 e. The highest BCUT2D eigenvalue weighted by Gasteiger charge is 2.33. The van der Waals surface area contributed by atoms with E-state index in [1.54, 1.807) is 0 Å². The van der Waals surface area contributed by atoms with Crippen molar-refractivity contribution in [1.82, 2.24) is 0 Å². The van der Waals surface area contributed by atoms with Gasteiger partial charge in [-0.25, -0.2) is 0 Å². The van der Waals surface area contributed by atoms with Crippen molar-refractivity contribution in [3.63, 3.8) is 0 Å². The molecule has 4 heteroatoms. The Labute approximate surface area is 86.7 Å². The minimum absolute atomic E-state index is 0.319. The van der Waals surface area contributed by atoms with Gasteiger partial charge in [-0.3, -0.25) is 0 Å². The lowest BCUT2D eigenvalue weighted by Gasteiger charge is -2.02. The van der Waals surface area contributed by atoms with Crippen LogP contribution in [0, 0.1) is 0 Å². The van der Waals surface area contributed by atoms with E-state index in [-0.39, 0.29) is 0 Å². The Morgan fingerprint density at radius 2 is 1.71 bits per heavy atom. The predicted octanol–water partition coefficient (Wildman–Crippen LogP) is 0.792. The highest BCUT2D eigenvalue weighted by Crippen LogP contribution is 2.20. The minimum atomic E-state index is 0.319. The Kier molecular flexibility index (Phi) is 9.29. The molecular weight excluding hydrogens is 182 g/mol. The number of nitrogens with two attached hydrogens (primary N) is 1. The molecule has 0 spiro atoms. The van der Waals surface area contributed by atoms with Crippen LogP contribution < -0.4 is 5.73 Å². The molecule has 2 unspecified atom stereocenters. The van der Waals surface area contributed by atoms with E-state index in [4.69, 9.17) is 19.9 Å². The molecule has 0 aliphatic carbocycles. The standard InChI is InChI=1S/C8H17NO3.C2H6/c1-7-8(12-7)6-11-5-4-10-3-2-9;1-2/h7-8H,2-6,9H2,1H3;1-2H3. The van der Waals surface area contributed by atoms with E-state index in [1.165, 1.54) is 0 Å². The summed E-state index contributed by atoms with van der Waals surface area (Å²) in [5.74, 6) is 0. The van der Waals surface area contributed by atoms with Crippen LogP contribution in [0.2, 0.25) is 0 Å². The quantitative estimate of drug-likeness (QED) is 0.493. The molecule has 1 aliphatic heterocycles. The van der Waals surface area contributed by atoms with Gasteiger partial charge in [0.2, 0.25) is 0 Å². The van der Waals surface area contributed by atoms with Gasteiger partial charge in [-0.05, 0) is 6.92 Å². The van der Waals surface area contributed by atoms with Gasteiger partial charge in [-0.2, -0.15) is 0 Å². The molecule has 1 heterocycles. The maximum atomic E-state index is 5.28. The molecule has 0 radical (unpaired) electrons. The summed E-state index contributed by atoms with van der Waals surface area (Å²) in [6.45, 7) is 9.17. The first-order valence-electron chi connectivity index (χ1n) is 5.35. The van der Waals surface area contributed by atoms with Gasteiger partial charge in [0.15, 0.2) is 0 Å². The van der Waals surface area contributed by atoms with Crippen LogP contribution in [0.25, 0.3) is 0 Å². The number of epoxide rings is 1. The van der Waals surface area contributed by atoms with Gasteiger partial charge in [0.05, 0.1) is 32.5 Å². The largest absolute Gasteiger partial charge is 0.378 e. The van der Waals surface area contributed by atoms with Gasteiger partial charge in [0.1, 0.15) is 6.10 Å². The fourth-order valence-electron chi connectivity index (χ4n) is 0.908. The van der Waals surface area contributed by atoms with Crippen molar-refractivity contribution in [2.24, 2.45) is 5.73 Å². The zero-order valence-corrected chi connectivity index (χ0v) is 9.49. The number of hydrogen-bond acceptors (Lipinski definition) is 4. The molecule has 14 heavy (non-hydrogen) atoms. The van der Waals surface area contributed by atoms with Crippen LogP contribution in [0.1, 0.15) is 20.8 Å². The van der Waals surface area contributed by atoms with Crippen molar-refractivity contribution in [3.8, 4) is 0 Å². The number of hydrogen-bond donors (Lipinski definition) is 1. The van der Waals surface area contributed by atoms with Crippen LogP contribution in [-0.4, -0.2) is 45.2 Å². The third-order valence-corrected chi connectivity index (χ3v) is 1.75. The Bertz CT molecular complexity index is 122. The SMILES string of the molecule is CC.CC1OC1COCCOCCN. The van der Waals surface area contributed by atoms with E-state index < -0.39 is 0 Å². The summed E-state index contributed by atoms with van der Waals surface area (Å²) in [6.07, 6.45) is 0.703. The fourth-order valence-corrected chi connectivity index (χ4v) is 0.908. The zero-order valence-electron chi connectivity index (χ0n) is 9.49. The molecule has 4 nitrogen and oxygen atoms in total. The first kappa shape index (κ1) is 13.8. The predicted molar refractivity (Wildman–Crippen MR) is 56.4 cm³/mol. The Morgan fingerprint density at radius 3 is 2.21 bits per heavy atom. The number of ether oxygens (including phenoxy) is 3. The van der Waals surface area contributed by atoms with Crippen LogP contribution in [0.4, 0.5) is 0 Å². The molecule has 86 valence electrons. The van der Waals surface area contributed by atoms with Gasteiger partial charge in [0.25, 0.3) is 0 Å². The molecule has 0 amide bonds. The van der Waals surface area contributed by atoms with Crippen LogP contribution in [0.15, 0.2) is 0 Å². The monoisotopic (exact) mass is 205 g/mol. The summed E-state index contributed by atoms with van der Waals surface area (Å²) in [6, 6.07) is 0. The second kappa shape index (κ2) is 9.40. The number of rotatable bonds is 7. The molecule has 2 N–H and O–H groups in total. The molecular formula is C10H23NO3. The smallest absolute Gasteiger partial charge is 0.107 e. The average Bonchev–Trinajstić information content (AvgIpc) is 2.91. The second-order valence-corrected chi connectivity index (χ2v) is 2.86. The van der Waals surface area contributed by atoms with E-state index in [9.17, 15) is 0 Å². The summed E-state index contributed by atoms with van der Waals surface area (Å²) in [5.41, 5.74) is 5.23. The highest BCUT2D eigenvalue weighted by molar-refractivity contribution is 4.79. The summed E-state index contributed by atoms with van der Waals surface area (Å²) in [4.78, 5) is 0. The third kappa shape index (κ3) is 7.26. The van der Waals surface area contributed by atoms with Gasteiger partial charge >= 0.3 is 0 Å². The van der Waals surface area contributed by atoms with E-state index >= 15 is 0 Å². The van der Waals surface area contributed by atoms with Crippen molar-refractivity contribution in [2.45, 2.75) is 33.0 Å². The Balaban J connectivity index is 0.000000791. The van der Waals surface area contributed by atoms with Crippen LogP contribution in [-0.2, 0) is 14.2 Å². The van der Waals surface area contributed by atoms with Crippen molar-refractivity contribution >= 4 is 0 Å². The Hall–Kier alpha value is -0.160. The summed E-state index contributed by atoms with van der Waals surface area (Å²) in [5, 5.41) is 0. The van der Waals surface area contributed by atoms with Gasteiger partial charge < -0.3 is 19.9 Å². The highest BCUT2D eigenvalue weighted by atomic mass is 16.6. The molecule has 1 aliphatic rings. The lowest BCUT2D eigenvalue weighted by Crippen LogP contribution is -2.13. The molecule has 0 saturated carbocycles. The average molecular weight is 205 g/mol. The summed E-state index contributed by atoms with van der Waals surface area (Å²) >= 11 is 0. The van der Waals surface area contributed by atoms with E-state index in [0.717, 1.165) is 0 Å². The Morgan fingerprint density at radius 1 is 1.14 bits per heavy atom. The van der Waals surface area contributed by atoms with Crippen LogP contribution in [0.5, 0.6) is 0 Å². The summed E-state index contributed by atoms with van der Waals surface area (Å²) in [7, 11) is 0. The van der Waals surface area contributed by atoms with Crippen LogP contribution >= 0.6 is 0 Å². The van der Waals surface area contributed by atoms with Crippen molar-refractivity contribution in [2.75, 3.05) is 33.0 Å². The lowest BCUT2D eigenvalue weighted by molar-refractivity contribution is 0.0445. The van der Waals surface area contributed by atoms with Gasteiger partial charge in [0, 0.05) is 6.54 Å². The second-order valence-electron chi connectivity index (χ2n) is 2.86. The van der Waals surface area contributed by atoms with Crippen molar-refractivity contribution < 1.29 is 14.2 Å². The summed E-state index contributed by atoms with van der Waals surface area (Å²) < 4.78 is 15.6. The molecule has 0 aromatic carbocycles. The molecule has 2 atom stereocenters. The lowest BCUT2D eigenvalue weighted by atomic mass is 10.4. The molecule has 0 bridgehead atoms. The molecule has 1 rings (SSSR count). The maximum absolute atomic E-state index is 5.28. The van der Waals surface area contributed by atoms with E-state index in [2.05, 4.69) is 0 Å². The molecule has 0 aromatic rings. The maximum Gasteiger partial charge on any atom is 0.107 e. The van der Waals surface area contributed by atoms with Crippen LogP contribution in [0.3, 0.4) is 0 Å². The molecule has 1 saturated heterocycles. The molecule has 0 aromatic heterocycles. The van der Waals surface area contributed by atoms with Gasteiger partial charge in [-0.15, -0.1) is 0 Å². The normalized spacial score (nSPS) is 24.0. The van der Waals surface area contributed by atoms with Gasteiger partial charge in [-0.1, -0.05) is 13.8 Å².